The average Bonchev–Trinajstić information content (AvgIpc) is 2.91. The molecule has 1 aliphatic heterocycles. The number of hydrogen-bond acceptors (Lipinski definition) is 4. The molecule has 1 fully saturated rings. The number of hydrogen-bond donors (Lipinski definition) is 1. The van der Waals surface area contributed by atoms with Gasteiger partial charge in [0.1, 0.15) is 0 Å². The molecule has 2 heterocycles. The van der Waals surface area contributed by atoms with Gasteiger partial charge in [-0.2, -0.15) is 17.0 Å². The molecule has 0 aliphatic carbocycles. The van der Waals surface area contributed by atoms with Crippen molar-refractivity contribution in [1.29, 1.82) is 0 Å². The van der Waals surface area contributed by atoms with Crippen molar-refractivity contribution in [1.82, 2.24) is 13.9 Å². The summed E-state index contributed by atoms with van der Waals surface area (Å²) in [5, 5.41) is 2.83. The monoisotopic (exact) mass is 393 g/mol. The Labute approximate surface area is 138 Å². The smallest absolute Gasteiger partial charge is 0.287 e. The van der Waals surface area contributed by atoms with Crippen molar-refractivity contribution >= 4 is 32.0 Å². The van der Waals surface area contributed by atoms with E-state index in [2.05, 4.69) is 21.2 Å². The van der Waals surface area contributed by atoms with E-state index in [0.29, 0.717) is 24.3 Å². The minimum atomic E-state index is -3.34. The van der Waals surface area contributed by atoms with E-state index in [0.717, 1.165) is 12.8 Å². The van der Waals surface area contributed by atoms with Crippen LogP contribution in [0.1, 0.15) is 23.4 Å². The molecule has 1 amide bonds. The highest BCUT2D eigenvalue weighted by atomic mass is 79.9. The molecule has 0 bridgehead atoms. The van der Waals surface area contributed by atoms with Gasteiger partial charge >= 0.3 is 0 Å². The Morgan fingerprint density at radius 3 is 2.55 bits per heavy atom. The molecule has 1 aromatic rings. The maximum absolute atomic E-state index is 12.0. The first-order valence-corrected chi connectivity index (χ1v) is 9.21. The van der Waals surface area contributed by atoms with Crippen LogP contribution in [0.2, 0.25) is 0 Å². The normalized spacial score (nSPS) is 17.8. The standard InChI is InChI=1S/C13H20BrN3O4S/c1-16(2)22(19,20)17-7-5-10(6-8-17)9-15-13(18)11-3-4-12(14)21-11/h3-4,10H,5-9H2,1-2H3,(H,15,18). The Morgan fingerprint density at radius 1 is 1.41 bits per heavy atom. The summed E-state index contributed by atoms with van der Waals surface area (Å²) in [6.07, 6.45) is 1.46. The third-order valence-corrected chi connectivity index (χ3v) is 6.08. The van der Waals surface area contributed by atoms with Crippen molar-refractivity contribution in [3.8, 4) is 0 Å². The number of piperidine rings is 1. The fraction of sp³-hybridized carbons (Fsp3) is 0.615. The van der Waals surface area contributed by atoms with Crippen molar-refractivity contribution < 1.29 is 17.6 Å². The number of carbonyl (C=O) groups excluding carboxylic acids is 1. The van der Waals surface area contributed by atoms with E-state index >= 15 is 0 Å². The Balaban J connectivity index is 1.80. The molecular weight excluding hydrogens is 374 g/mol. The van der Waals surface area contributed by atoms with E-state index in [4.69, 9.17) is 4.42 Å². The zero-order valence-electron chi connectivity index (χ0n) is 12.6. The van der Waals surface area contributed by atoms with Crippen LogP contribution in [-0.2, 0) is 10.2 Å². The van der Waals surface area contributed by atoms with Crippen molar-refractivity contribution in [2.24, 2.45) is 5.92 Å². The van der Waals surface area contributed by atoms with Crippen LogP contribution in [0, 0.1) is 5.92 Å². The summed E-state index contributed by atoms with van der Waals surface area (Å²) < 4.78 is 32.4. The largest absolute Gasteiger partial charge is 0.444 e. The summed E-state index contributed by atoms with van der Waals surface area (Å²) in [6, 6.07) is 3.27. The van der Waals surface area contributed by atoms with Gasteiger partial charge in [-0.05, 0) is 46.8 Å². The highest BCUT2D eigenvalue weighted by Gasteiger charge is 2.29. The van der Waals surface area contributed by atoms with Crippen molar-refractivity contribution in [3.63, 3.8) is 0 Å². The quantitative estimate of drug-likeness (QED) is 0.816. The third kappa shape index (κ3) is 4.09. The van der Waals surface area contributed by atoms with E-state index in [1.54, 1.807) is 12.1 Å². The molecule has 22 heavy (non-hydrogen) atoms. The van der Waals surface area contributed by atoms with E-state index in [1.165, 1.54) is 22.7 Å². The van der Waals surface area contributed by atoms with Gasteiger partial charge in [0.2, 0.25) is 0 Å². The summed E-state index contributed by atoms with van der Waals surface area (Å²) in [4.78, 5) is 11.9. The van der Waals surface area contributed by atoms with E-state index in [9.17, 15) is 13.2 Å². The van der Waals surface area contributed by atoms with E-state index < -0.39 is 10.2 Å². The SMILES string of the molecule is CN(C)S(=O)(=O)N1CCC(CNC(=O)c2ccc(Br)o2)CC1. The fourth-order valence-corrected chi connectivity index (χ4v) is 3.78. The number of rotatable bonds is 5. The molecule has 0 saturated carbocycles. The van der Waals surface area contributed by atoms with Gasteiger partial charge < -0.3 is 9.73 Å². The molecule has 1 aliphatic rings. The molecular formula is C13H20BrN3O4S. The van der Waals surface area contributed by atoms with Crippen LogP contribution < -0.4 is 5.32 Å². The number of nitrogens with one attached hydrogen (secondary N) is 1. The molecule has 2 rings (SSSR count). The topological polar surface area (TPSA) is 82.9 Å². The molecule has 0 aromatic carbocycles. The van der Waals surface area contributed by atoms with Crippen LogP contribution >= 0.6 is 15.9 Å². The van der Waals surface area contributed by atoms with Crippen LogP contribution in [0.5, 0.6) is 0 Å². The van der Waals surface area contributed by atoms with Crippen molar-refractivity contribution in [3.05, 3.63) is 22.6 Å². The van der Waals surface area contributed by atoms with E-state index in [-0.39, 0.29) is 17.6 Å². The lowest BCUT2D eigenvalue weighted by molar-refractivity contribution is 0.0912. The first-order chi connectivity index (χ1) is 10.3. The molecule has 0 radical (unpaired) electrons. The fourth-order valence-electron chi connectivity index (χ4n) is 2.34. The lowest BCUT2D eigenvalue weighted by atomic mass is 9.98. The predicted molar refractivity (Wildman–Crippen MR) is 85.6 cm³/mol. The highest BCUT2D eigenvalue weighted by Crippen LogP contribution is 2.20. The number of amides is 1. The molecule has 0 unspecified atom stereocenters. The number of halogens is 1. The minimum absolute atomic E-state index is 0.256. The number of furan rings is 1. The van der Waals surface area contributed by atoms with Gasteiger partial charge in [0, 0.05) is 33.7 Å². The number of carbonyl (C=O) groups is 1. The second kappa shape index (κ2) is 7.12. The van der Waals surface area contributed by atoms with Crippen LogP contribution in [0.25, 0.3) is 0 Å². The molecule has 9 heteroatoms. The lowest BCUT2D eigenvalue weighted by Gasteiger charge is -2.32. The highest BCUT2D eigenvalue weighted by molar-refractivity contribution is 9.10. The maximum atomic E-state index is 12.0. The Hall–Kier alpha value is -0.900. The summed E-state index contributed by atoms with van der Waals surface area (Å²) in [7, 11) is -0.274. The van der Waals surface area contributed by atoms with Crippen molar-refractivity contribution in [2.75, 3.05) is 33.7 Å². The second-order valence-electron chi connectivity index (χ2n) is 5.45. The second-order valence-corrected chi connectivity index (χ2v) is 8.37. The lowest BCUT2D eigenvalue weighted by Crippen LogP contribution is -2.45. The van der Waals surface area contributed by atoms with Gasteiger partial charge in [0.05, 0.1) is 0 Å². The summed E-state index contributed by atoms with van der Waals surface area (Å²) in [5.41, 5.74) is 0. The molecule has 7 nitrogen and oxygen atoms in total. The molecule has 1 saturated heterocycles. The van der Waals surface area contributed by atoms with Gasteiger partial charge in [-0.3, -0.25) is 4.79 Å². The predicted octanol–water partition coefficient (Wildman–Crippen LogP) is 1.29. The first-order valence-electron chi connectivity index (χ1n) is 7.02. The third-order valence-electron chi connectivity index (χ3n) is 3.71. The Morgan fingerprint density at radius 2 is 2.05 bits per heavy atom. The summed E-state index contributed by atoms with van der Waals surface area (Å²) in [5.74, 6) is 0.282. The van der Waals surface area contributed by atoms with Gasteiger partial charge in [0.25, 0.3) is 16.1 Å². The van der Waals surface area contributed by atoms with Gasteiger partial charge in [-0.25, -0.2) is 0 Å². The number of nitrogens with zero attached hydrogens (tertiary/aromatic N) is 2. The minimum Gasteiger partial charge on any atom is -0.444 e. The Kier molecular flexibility index (Phi) is 5.65. The zero-order chi connectivity index (χ0) is 16.3. The van der Waals surface area contributed by atoms with Crippen LogP contribution in [0.15, 0.2) is 21.2 Å². The molecule has 1 N–H and O–H groups in total. The van der Waals surface area contributed by atoms with Crippen molar-refractivity contribution in [2.45, 2.75) is 12.8 Å². The zero-order valence-corrected chi connectivity index (χ0v) is 15.0. The summed E-state index contributed by atoms with van der Waals surface area (Å²) >= 11 is 3.15. The molecule has 124 valence electrons. The van der Waals surface area contributed by atoms with Gasteiger partial charge in [-0.1, -0.05) is 0 Å². The summed E-state index contributed by atoms with van der Waals surface area (Å²) in [6.45, 7) is 1.48. The Bertz CT molecular complexity index is 621. The van der Waals surface area contributed by atoms with Crippen LogP contribution in [0.3, 0.4) is 0 Å². The van der Waals surface area contributed by atoms with Crippen LogP contribution in [0.4, 0.5) is 0 Å². The molecule has 0 spiro atoms. The van der Waals surface area contributed by atoms with Gasteiger partial charge in [-0.15, -0.1) is 0 Å². The molecule has 0 atom stereocenters. The molecule has 1 aromatic heterocycles. The van der Waals surface area contributed by atoms with E-state index in [1.807, 2.05) is 0 Å². The average molecular weight is 394 g/mol. The van der Waals surface area contributed by atoms with Crippen LogP contribution in [-0.4, -0.2) is 56.7 Å². The maximum Gasteiger partial charge on any atom is 0.287 e. The van der Waals surface area contributed by atoms with Gasteiger partial charge in [0.15, 0.2) is 10.4 Å². The first kappa shape index (κ1) is 17.5.